The Morgan fingerprint density at radius 1 is 1.43 bits per heavy atom. The molecule has 2 aromatic rings. The molecule has 10 heteroatoms. The van der Waals surface area contributed by atoms with Gasteiger partial charge in [-0.3, -0.25) is 25.3 Å². The number of hydrogen-bond donors (Lipinski definition) is 2. The monoisotopic (exact) mass is 297 g/mol. The molecule has 110 valence electrons. The van der Waals surface area contributed by atoms with E-state index in [0.717, 1.165) is 0 Å². The first-order valence-corrected chi connectivity index (χ1v) is 5.68. The Labute approximate surface area is 116 Å². The Bertz CT molecular complexity index is 693. The third-order valence-electron chi connectivity index (χ3n) is 2.52. The lowest BCUT2D eigenvalue weighted by molar-refractivity contribution is -0.385. The van der Waals surface area contributed by atoms with Crippen molar-refractivity contribution in [3.63, 3.8) is 0 Å². The second-order valence-electron chi connectivity index (χ2n) is 4.11. The first-order chi connectivity index (χ1) is 9.86. The van der Waals surface area contributed by atoms with Crippen LogP contribution in [0, 0.1) is 28.7 Å². The van der Waals surface area contributed by atoms with Crippen LogP contribution < -0.4 is 5.32 Å². The number of carbonyl (C=O) groups excluding carboxylic acids is 1. The second-order valence-corrected chi connectivity index (χ2v) is 4.11. The largest absolute Gasteiger partial charge is 0.293 e. The predicted octanol–water partition coefficient (Wildman–Crippen LogP) is 1.48. The Morgan fingerprint density at radius 2 is 2.05 bits per heavy atom. The average molecular weight is 297 g/mol. The molecule has 0 radical (unpaired) electrons. The summed E-state index contributed by atoms with van der Waals surface area (Å²) in [5.41, 5.74) is -1.29. The molecule has 2 rings (SSSR count). The van der Waals surface area contributed by atoms with Crippen molar-refractivity contribution in [3.8, 4) is 0 Å². The molecule has 1 aromatic carbocycles. The minimum absolute atomic E-state index is 0.0276. The smallest absolute Gasteiger partial charge is 0.275 e. The maximum atomic E-state index is 13.6. The zero-order valence-electron chi connectivity index (χ0n) is 10.7. The fraction of sp³-hybridized carbons (Fsp3) is 0.182. The summed E-state index contributed by atoms with van der Waals surface area (Å²) < 4.78 is 27.2. The Balaban J connectivity index is 2.15. The molecule has 8 nitrogen and oxygen atoms in total. The summed E-state index contributed by atoms with van der Waals surface area (Å²) >= 11 is 0. The molecule has 0 spiro atoms. The molecule has 21 heavy (non-hydrogen) atoms. The van der Waals surface area contributed by atoms with Gasteiger partial charge in [0, 0.05) is 5.56 Å². The van der Waals surface area contributed by atoms with E-state index in [4.69, 9.17) is 0 Å². The number of hydrogen-bond acceptors (Lipinski definition) is 5. The Kier molecular flexibility index (Phi) is 3.87. The molecule has 1 amide bonds. The third-order valence-corrected chi connectivity index (χ3v) is 2.52. The maximum Gasteiger partial charge on any atom is 0.275 e. The summed E-state index contributed by atoms with van der Waals surface area (Å²) in [7, 11) is 0. The quantitative estimate of drug-likeness (QED) is 0.655. The number of H-pyrrole nitrogens is 1. The third kappa shape index (κ3) is 3.35. The van der Waals surface area contributed by atoms with Crippen molar-refractivity contribution in [2.75, 3.05) is 5.32 Å². The number of aryl methyl sites for hydroxylation is 1. The molecule has 0 saturated carbocycles. The van der Waals surface area contributed by atoms with Crippen LogP contribution in [-0.2, 0) is 11.2 Å². The van der Waals surface area contributed by atoms with E-state index in [1.54, 1.807) is 6.92 Å². The molecule has 1 aromatic heterocycles. The first kappa shape index (κ1) is 14.5. The summed E-state index contributed by atoms with van der Waals surface area (Å²) in [6.07, 6.45) is -0.636. The van der Waals surface area contributed by atoms with E-state index in [0.29, 0.717) is 18.0 Å². The highest BCUT2D eigenvalue weighted by Gasteiger charge is 2.19. The topological polar surface area (TPSA) is 114 Å². The van der Waals surface area contributed by atoms with Crippen LogP contribution in [0.2, 0.25) is 0 Å². The van der Waals surface area contributed by atoms with Gasteiger partial charge >= 0.3 is 0 Å². The van der Waals surface area contributed by atoms with E-state index < -0.39 is 40.1 Å². The van der Waals surface area contributed by atoms with Gasteiger partial charge in [0.2, 0.25) is 11.9 Å². The second kappa shape index (κ2) is 5.61. The van der Waals surface area contributed by atoms with Crippen LogP contribution in [-0.4, -0.2) is 26.0 Å². The molecule has 0 aliphatic carbocycles. The van der Waals surface area contributed by atoms with Gasteiger partial charge in [-0.25, -0.2) is 8.78 Å². The summed E-state index contributed by atoms with van der Waals surface area (Å²) in [6.45, 7) is 1.61. The lowest BCUT2D eigenvalue weighted by atomic mass is 10.1. The average Bonchev–Trinajstić information content (AvgIpc) is 2.78. The molecular formula is C11H9F2N5O3. The summed E-state index contributed by atoms with van der Waals surface area (Å²) in [5, 5.41) is 18.8. The van der Waals surface area contributed by atoms with Crippen molar-refractivity contribution in [1.29, 1.82) is 0 Å². The van der Waals surface area contributed by atoms with E-state index in [1.807, 2.05) is 0 Å². The van der Waals surface area contributed by atoms with Crippen LogP contribution in [0.15, 0.2) is 12.1 Å². The zero-order valence-corrected chi connectivity index (χ0v) is 10.7. The molecular weight excluding hydrogens is 288 g/mol. The van der Waals surface area contributed by atoms with Gasteiger partial charge in [0.25, 0.3) is 5.69 Å². The minimum Gasteiger partial charge on any atom is -0.293 e. The Hall–Kier alpha value is -2.91. The van der Waals surface area contributed by atoms with E-state index in [9.17, 15) is 23.7 Å². The predicted molar refractivity (Wildman–Crippen MR) is 66.5 cm³/mol. The van der Waals surface area contributed by atoms with Crippen LogP contribution in [0.5, 0.6) is 0 Å². The summed E-state index contributed by atoms with van der Waals surface area (Å²) in [6, 6.07) is 1.12. The molecule has 0 atom stereocenters. The molecule has 1 heterocycles. The van der Waals surface area contributed by atoms with E-state index in [2.05, 4.69) is 20.5 Å². The van der Waals surface area contributed by atoms with E-state index in [1.165, 1.54) is 0 Å². The number of rotatable bonds is 4. The van der Waals surface area contributed by atoms with Gasteiger partial charge in [-0.1, -0.05) is 0 Å². The SMILES string of the molecule is Cc1nc(NC(=O)Cc2c(F)cc([N+](=O)[O-])cc2F)n[nH]1. The van der Waals surface area contributed by atoms with Gasteiger partial charge in [-0.15, -0.1) is 5.10 Å². The number of nitro benzene ring substituents is 1. The number of nitro groups is 1. The van der Waals surface area contributed by atoms with Gasteiger partial charge in [0.1, 0.15) is 17.5 Å². The maximum absolute atomic E-state index is 13.6. The number of anilines is 1. The number of amides is 1. The lowest BCUT2D eigenvalue weighted by Gasteiger charge is -2.04. The van der Waals surface area contributed by atoms with Crippen LogP contribution in [0.25, 0.3) is 0 Å². The van der Waals surface area contributed by atoms with Gasteiger partial charge in [0.05, 0.1) is 23.5 Å². The molecule has 0 aliphatic rings. The van der Waals surface area contributed by atoms with Crippen molar-refractivity contribution in [1.82, 2.24) is 15.2 Å². The van der Waals surface area contributed by atoms with Gasteiger partial charge in [-0.05, 0) is 6.92 Å². The zero-order chi connectivity index (χ0) is 15.6. The van der Waals surface area contributed by atoms with Crippen molar-refractivity contribution in [2.45, 2.75) is 13.3 Å². The molecule has 2 N–H and O–H groups in total. The first-order valence-electron chi connectivity index (χ1n) is 5.68. The van der Waals surface area contributed by atoms with Gasteiger partial charge in [0.15, 0.2) is 0 Å². The van der Waals surface area contributed by atoms with Crippen molar-refractivity contribution in [2.24, 2.45) is 0 Å². The highest BCUT2D eigenvalue weighted by atomic mass is 19.1. The highest BCUT2D eigenvalue weighted by Crippen LogP contribution is 2.21. The number of benzene rings is 1. The molecule has 0 bridgehead atoms. The molecule has 0 fully saturated rings. The fourth-order valence-electron chi connectivity index (χ4n) is 1.59. The standard InChI is InChI=1S/C11H9F2N5O3/c1-5-14-11(17-16-5)15-10(19)4-7-8(12)2-6(18(20)21)3-9(7)13/h2-3H,4H2,1H3,(H2,14,15,16,17,19). The van der Waals surface area contributed by atoms with Crippen molar-refractivity contribution < 1.29 is 18.5 Å². The molecule has 0 unspecified atom stereocenters. The number of halogens is 2. The number of aromatic nitrogens is 3. The normalized spacial score (nSPS) is 10.4. The van der Waals surface area contributed by atoms with Crippen molar-refractivity contribution in [3.05, 3.63) is 45.3 Å². The van der Waals surface area contributed by atoms with Crippen molar-refractivity contribution >= 4 is 17.5 Å². The van der Waals surface area contributed by atoms with Crippen LogP contribution in [0.4, 0.5) is 20.4 Å². The lowest BCUT2D eigenvalue weighted by Crippen LogP contribution is -2.17. The Morgan fingerprint density at radius 3 is 2.52 bits per heavy atom. The summed E-state index contributed by atoms with van der Waals surface area (Å²) in [5.74, 6) is -2.65. The van der Waals surface area contributed by atoms with Crippen LogP contribution in [0.1, 0.15) is 11.4 Å². The fourth-order valence-corrected chi connectivity index (χ4v) is 1.59. The number of nitrogens with zero attached hydrogens (tertiary/aromatic N) is 3. The van der Waals surface area contributed by atoms with Crippen LogP contribution in [0.3, 0.4) is 0 Å². The molecule has 0 aliphatic heterocycles. The van der Waals surface area contributed by atoms with Gasteiger partial charge < -0.3 is 0 Å². The minimum atomic E-state index is -1.16. The van der Waals surface area contributed by atoms with E-state index in [-0.39, 0.29) is 5.95 Å². The number of non-ortho nitro benzene ring substituents is 1. The van der Waals surface area contributed by atoms with Crippen LogP contribution >= 0.6 is 0 Å². The molecule has 0 saturated heterocycles. The van der Waals surface area contributed by atoms with Gasteiger partial charge in [-0.2, -0.15) is 4.98 Å². The summed E-state index contributed by atoms with van der Waals surface area (Å²) in [4.78, 5) is 25.0. The van der Waals surface area contributed by atoms with E-state index >= 15 is 0 Å². The highest BCUT2D eigenvalue weighted by molar-refractivity contribution is 5.90. The number of carbonyl (C=O) groups is 1. The number of aromatic amines is 1. The number of nitrogens with one attached hydrogen (secondary N) is 2.